The highest BCUT2D eigenvalue weighted by Crippen LogP contribution is 2.19. The summed E-state index contributed by atoms with van der Waals surface area (Å²) in [4.78, 5) is 0.808. The van der Waals surface area contributed by atoms with Gasteiger partial charge in [0.2, 0.25) is 0 Å². The summed E-state index contributed by atoms with van der Waals surface area (Å²) in [6.07, 6.45) is 0. The smallest absolute Gasteiger partial charge is 0.0696 e. The zero-order valence-electron chi connectivity index (χ0n) is 5.21. The van der Waals surface area contributed by atoms with Gasteiger partial charge in [0.1, 0.15) is 0 Å². The van der Waals surface area contributed by atoms with Crippen molar-refractivity contribution in [1.82, 2.24) is 0 Å². The summed E-state index contributed by atoms with van der Waals surface area (Å²) in [7, 11) is 0. The van der Waals surface area contributed by atoms with Crippen molar-refractivity contribution < 1.29 is 5.11 Å². The SMILES string of the molecule is OCc1ccc(S)cc1Cl. The Kier molecular flexibility index (Phi) is 2.60. The van der Waals surface area contributed by atoms with Gasteiger partial charge in [-0.1, -0.05) is 17.7 Å². The van der Waals surface area contributed by atoms with Gasteiger partial charge in [0.25, 0.3) is 0 Å². The Morgan fingerprint density at radius 2 is 2.20 bits per heavy atom. The standard InChI is InChI=1S/C7H7ClOS/c8-7-3-6(10)2-1-5(7)4-9/h1-3,9-10H,4H2. The summed E-state index contributed by atoms with van der Waals surface area (Å²) in [5.74, 6) is 0. The highest BCUT2D eigenvalue weighted by molar-refractivity contribution is 7.80. The van der Waals surface area contributed by atoms with Crippen molar-refractivity contribution >= 4 is 24.2 Å². The molecule has 0 fully saturated rings. The fourth-order valence-electron chi connectivity index (χ4n) is 0.664. The summed E-state index contributed by atoms with van der Waals surface area (Å²) in [5, 5.41) is 9.26. The van der Waals surface area contributed by atoms with Crippen molar-refractivity contribution in [2.75, 3.05) is 0 Å². The van der Waals surface area contributed by atoms with Crippen LogP contribution in [-0.2, 0) is 6.61 Å². The van der Waals surface area contributed by atoms with Crippen LogP contribution in [0.15, 0.2) is 23.1 Å². The Hall–Kier alpha value is -0.180. The Balaban J connectivity index is 3.07. The summed E-state index contributed by atoms with van der Waals surface area (Å²) in [5.41, 5.74) is 0.736. The largest absolute Gasteiger partial charge is 0.392 e. The van der Waals surface area contributed by atoms with Crippen LogP contribution in [0.25, 0.3) is 0 Å². The molecule has 3 heteroatoms. The molecule has 0 unspecified atom stereocenters. The van der Waals surface area contributed by atoms with E-state index < -0.39 is 0 Å². The Bertz CT molecular complexity index is 237. The minimum atomic E-state index is -0.0209. The lowest BCUT2D eigenvalue weighted by Gasteiger charge is -1.99. The van der Waals surface area contributed by atoms with E-state index in [1.807, 2.05) is 0 Å². The molecule has 0 aliphatic heterocycles. The van der Waals surface area contributed by atoms with Gasteiger partial charge in [-0.05, 0) is 17.7 Å². The Morgan fingerprint density at radius 1 is 1.50 bits per heavy atom. The molecule has 54 valence electrons. The van der Waals surface area contributed by atoms with Crippen molar-refractivity contribution in [1.29, 1.82) is 0 Å². The molecule has 1 N–H and O–H groups in total. The van der Waals surface area contributed by atoms with Crippen LogP contribution in [0.3, 0.4) is 0 Å². The van der Waals surface area contributed by atoms with E-state index in [1.54, 1.807) is 18.2 Å². The normalized spacial score (nSPS) is 9.90. The highest BCUT2D eigenvalue weighted by atomic mass is 35.5. The van der Waals surface area contributed by atoms with Crippen molar-refractivity contribution in [2.24, 2.45) is 0 Å². The molecule has 0 spiro atoms. The van der Waals surface area contributed by atoms with Crippen LogP contribution in [0.2, 0.25) is 5.02 Å². The molecule has 0 atom stereocenters. The lowest BCUT2D eigenvalue weighted by atomic mass is 10.2. The minimum absolute atomic E-state index is 0.0209. The predicted molar refractivity (Wildman–Crippen MR) is 44.6 cm³/mol. The fourth-order valence-corrected chi connectivity index (χ4v) is 1.18. The van der Waals surface area contributed by atoms with E-state index in [0.717, 1.165) is 10.5 Å². The first-order valence-corrected chi connectivity index (χ1v) is 3.65. The third-order valence-corrected chi connectivity index (χ3v) is 1.84. The average molecular weight is 175 g/mol. The third-order valence-electron chi connectivity index (χ3n) is 1.21. The van der Waals surface area contributed by atoms with Crippen LogP contribution < -0.4 is 0 Å². The maximum absolute atomic E-state index is 8.70. The zero-order chi connectivity index (χ0) is 7.56. The number of hydrogen-bond donors (Lipinski definition) is 2. The summed E-state index contributed by atoms with van der Waals surface area (Å²) in [6, 6.07) is 5.25. The lowest BCUT2D eigenvalue weighted by Crippen LogP contribution is -1.83. The number of halogens is 1. The van der Waals surface area contributed by atoms with E-state index in [1.165, 1.54) is 0 Å². The maximum atomic E-state index is 8.70. The van der Waals surface area contributed by atoms with Gasteiger partial charge in [-0.15, -0.1) is 12.6 Å². The van der Waals surface area contributed by atoms with Crippen LogP contribution in [0.5, 0.6) is 0 Å². The number of aliphatic hydroxyl groups excluding tert-OH is 1. The second-order valence-corrected chi connectivity index (χ2v) is 2.86. The maximum Gasteiger partial charge on any atom is 0.0696 e. The molecule has 0 saturated carbocycles. The Labute approximate surface area is 70.0 Å². The van der Waals surface area contributed by atoms with Gasteiger partial charge in [0.05, 0.1) is 6.61 Å². The van der Waals surface area contributed by atoms with E-state index in [2.05, 4.69) is 12.6 Å². The first kappa shape index (κ1) is 7.92. The molecule has 0 aliphatic carbocycles. The molecule has 0 aromatic heterocycles. The van der Waals surface area contributed by atoms with Gasteiger partial charge in [-0.3, -0.25) is 0 Å². The molecule has 1 rings (SSSR count). The second kappa shape index (κ2) is 3.28. The first-order valence-electron chi connectivity index (χ1n) is 2.82. The molecular weight excluding hydrogens is 168 g/mol. The van der Waals surface area contributed by atoms with Crippen molar-refractivity contribution in [3.05, 3.63) is 28.8 Å². The van der Waals surface area contributed by atoms with E-state index in [-0.39, 0.29) is 6.61 Å². The minimum Gasteiger partial charge on any atom is -0.392 e. The molecule has 1 aromatic carbocycles. The van der Waals surface area contributed by atoms with Crippen molar-refractivity contribution in [3.8, 4) is 0 Å². The van der Waals surface area contributed by atoms with Gasteiger partial charge in [-0.25, -0.2) is 0 Å². The molecule has 0 radical (unpaired) electrons. The van der Waals surface area contributed by atoms with E-state index in [9.17, 15) is 0 Å². The van der Waals surface area contributed by atoms with Crippen LogP contribution >= 0.6 is 24.2 Å². The van der Waals surface area contributed by atoms with E-state index in [4.69, 9.17) is 16.7 Å². The van der Waals surface area contributed by atoms with Gasteiger partial charge in [-0.2, -0.15) is 0 Å². The average Bonchev–Trinajstić information content (AvgIpc) is 1.88. The molecular formula is C7H7ClOS. The molecule has 0 amide bonds. The number of benzene rings is 1. The van der Waals surface area contributed by atoms with Crippen LogP contribution in [0, 0.1) is 0 Å². The molecule has 1 nitrogen and oxygen atoms in total. The highest BCUT2D eigenvalue weighted by Gasteiger charge is 1.96. The topological polar surface area (TPSA) is 20.2 Å². The lowest BCUT2D eigenvalue weighted by molar-refractivity contribution is 0.282. The number of aliphatic hydroxyl groups is 1. The van der Waals surface area contributed by atoms with E-state index in [0.29, 0.717) is 5.02 Å². The summed E-state index contributed by atoms with van der Waals surface area (Å²) in [6.45, 7) is -0.0209. The van der Waals surface area contributed by atoms with Gasteiger partial charge in [0.15, 0.2) is 0 Å². The molecule has 10 heavy (non-hydrogen) atoms. The summed E-state index contributed by atoms with van der Waals surface area (Å²) >= 11 is 9.79. The van der Waals surface area contributed by atoms with Crippen molar-refractivity contribution in [2.45, 2.75) is 11.5 Å². The molecule has 1 aromatic rings. The molecule has 0 aliphatic rings. The fraction of sp³-hybridized carbons (Fsp3) is 0.143. The predicted octanol–water partition coefficient (Wildman–Crippen LogP) is 2.12. The molecule has 0 saturated heterocycles. The van der Waals surface area contributed by atoms with Crippen molar-refractivity contribution in [3.63, 3.8) is 0 Å². The second-order valence-electron chi connectivity index (χ2n) is 1.93. The molecule has 0 bridgehead atoms. The number of rotatable bonds is 1. The molecule has 0 heterocycles. The monoisotopic (exact) mass is 174 g/mol. The number of thiol groups is 1. The first-order chi connectivity index (χ1) is 4.74. The zero-order valence-corrected chi connectivity index (χ0v) is 6.86. The van der Waals surface area contributed by atoms with Crippen LogP contribution in [0.4, 0.5) is 0 Å². The van der Waals surface area contributed by atoms with Gasteiger partial charge >= 0.3 is 0 Å². The van der Waals surface area contributed by atoms with Gasteiger partial charge in [0, 0.05) is 9.92 Å². The quantitative estimate of drug-likeness (QED) is 0.625. The van der Waals surface area contributed by atoms with E-state index >= 15 is 0 Å². The summed E-state index contributed by atoms with van der Waals surface area (Å²) < 4.78 is 0. The van der Waals surface area contributed by atoms with Gasteiger partial charge < -0.3 is 5.11 Å². The third kappa shape index (κ3) is 1.66. The number of hydrogen-bond acceptors (Lipinski definition) is 2. The van der Waals surface area contributed by atoms with Crippen LogP contribution in [-0.4, -0.2) is 5.11 Å². The van der Waals surface area contributed by atoms with Crippen LogP contribution in [0.1, 0.15) is 5.56 Å². The Morgan fingerprint density at radius 3 is 2.70 bits per heavy atom.